The third-order valence-corrected chi connectivity index (χ3v) is 16.8. The molecule has 2 heteroatoms. The van der Waals surface area contributed by atoms with Gasteiger partial charge in [-0.1, -0.05) is 158 Å². The third kappa shape index (κ3) is 8.19. The summed E-state index contributed by atoms with van der Waals surface area (Å²) in [4.78, 5) is 0. The Kier molecular flexibility index (Phi) is 11.3. The lowest BCUT2D eigenvalue weighted by atomic mass is 9.81. The Balaban J connectivity index is 1.50. The molecule has 2 atom stereocenters. The van der Waals surface area contributed by atoms with Crippen LogP contribution in [0.4, 0.5) is 0 Å². The molecule has 0 heterocycles. The van der Waals surface area contributed by atoms with Crippen LogP contribution in [0.3, 0.4) is 0 Å². The normalized spacial score (nSPS) is 17.9. The largest absolute Gasteiger partial charge is 0.0587 e. The highest BCUT2D eigenvalue weighted by Crippen LogP contribution is 2.56. The van der Waals surface area contributed by atoms with Gasteiger partial charge in [-0.3, -0.25) is 0 Å². The minimum Gasteiger partial charge on any atom is -0.0587 e. The molecule has 0 amide bonds. The molecule has 0 radical (unpaired) electrons. The van der Waals surface area contributed by atoms with Crippen LogP contribution in [0.1, 0.15) is 92.9 Å². The van der Waals surface area contributed by atoms with E-state index in [0.29, 0.717) is 11.3 Å². The number of hydrogen-bond donors (Lipinski definition) is 0. The molecule has 2 aliphatic carbocycles. The summed E-state index contributed by atoms with van der Waals surface area (Å²) in [5.74, 6) is 1.62. The molecule has 0 aromatic heterocycles. The van der Waals surface area contributed by atoms with Crippen LogP contribution >= 0.6 is 15.8 Å². The molecule has 2 fully saturated rings. The van der Waals surface area contributed by atoms with Gasteiger partial charge in [0.25, 0.3) is 0 Å². The quantitative estimate of drug-likeness (QED) is 0.153. The van der Waals surface area contributed by atoms with Crippen LogP contribution in [-0.2, 0) is 0 Å². The maximum absolute atomic E-state index is 2.50. The first kappa shape index (κ1) is 32.7. The molecule has 2 aliphatic rings. The van der Waals surface area contributed by atoms with E-state index in [2.05, 4.69) is 125 Å². The topological polar surface area (TPSA) is 0 Å². The van der Waals surface area contributed by atoms with Gasteiger partial charge in [-0.05, 0) is 120 Å². The highest BCUT2D eigenvalue weighted by Gasteiger charge is 2.40. The van der Waals surface area contributed by atoms with Gasteiger partial charge in [0.05, 0.1) is 0 Å². The lowest BCUT2D eigenvalue weighted by Gasteiger charge is -2.44. The van der Waals surface area contributed by atoms with Gasteiger partial charge in [0.1, 0.15) is 0 Å². The second-order valence-electron chi connectivity index (χ2n) is 14.2. The fourth-order valence-corrected chi connectivity index (χ4v) is 14.7. The molecule has 0 nitrogen and oxygen atoms in total. The Morgan fingerprint density at radius 3 is 0.889 bits per heavy atom. The molecule has 0 spiro atoms. The molecule has 2 saturated carbocycles. The van der Waals surface area contributed by atoms with E-state index in [4.69, 9.17) is 0 Å². The summed E-state index contributed by atoms with van der Waals surface area (Å²) in [6.07, 6.45) is 15.5. The van der Waals surface area contributed by atoms with Crippen LogP contribution in [0, 0.1) is 39.5 Å². The Morgan fingerprint density at radius 1 is 0.400 bits per heavy atom. The molecule has 6 rings (SSSR count). The van der Waals surface area contributed by atoms with Crippen LogP contribution in [-0.4, -0.2) is 11.3 Å². The monoisotopic (exact) mass is 632 g/mol. The number of rotatable bonds is 10. The standard InChI is InChI=1S/C43H54P2/c1-32-15-23-38(24-16-32)44(39-25-17-33(2)18-26-39)42(36-11-7-5-8-12-36)31-43(37-13-9-6-10-14-37)45(40-27-19-34(3)20-28-40)41-29-21-35(4)22-30-41/h15-30,36-37,42-43H,5-14,31H2,1-4H3/t42-,43-/m1/s1. The van der Waals surface area contributed by atoms with E-state index in [1.54, 1.807) is 21.2 Å². The van der Waals surface area contributed by atoms with Crippen molar-refractivity contribution in [1.82, 2.24) is 0 Å². The molecule has 0 unspecified atom stereocenters. The zero-order chi connectivity index (χ0) is 31.2. The van der Waals surface area contributed by atoms with E-state index in [0.717, 1.165) is 11.8 Å². The molecular weight excluding hydrogens is 578 g/mol. The van der Waals surface area contributed by atoms with Crippen LogP contribution in [0.25, 0.3) is 0 Å². The van der Waals surface area contributed by atoms with E-state index in [9.17, 15) is 0 Å². The van der Waals surface area contributed by atoms with Gasteiger partial charge in [-0.25, -0.2) is 0 Å². The van der Waals surface area contributed by atoms with Crippen LogP contribution < -0.4 is 21.2 Å². The van der Waals surface area contributed by atoms with Gasteiger partial charge in [0.2, 0.25) is 0 Å². The maximum atomic E-state index is 2.50. The lowest BCUT2D eigenvalue weighted by molar-refractivity contribution is 0.301. The highest BCUT2D eigenvalue weighted by atomic mass is 31.1. The minimum atomic E-state index is -0.478. The Morgan fingerprint density at radius 2 is 0.644 bits per heavy atom. The smallest absolute Gasteiger partial charge is 0.00941 e. The third-order valence-electron chi connectivity index (χ3n) is 10.8. The number of benzene rings is 4. The molecular formula is C43H54P2. The van der Waals surface area contributed by atoms with Crippen LogP contribution in [0.15, 0.2) is 97.1 Å². The Labute approximate surface area is 277 Å². The average molecular weight is 633 g/mol. The molecule has 0 N–H and O–H groups in total. The van der Waals surface area contributed by atoms with Gasteiger partial charge in [0, 0.05) is 0 Å². The van der Waals surface area contributed by atoms with Crippen molar-refractivity contribution in [2.75, 3.05) is 0 Å². The molecule has 0 bridgehead atoms. The van der Waals surface area contributed by atoms with Crippen molar-refractivity contribution < 1.29 is 0 Å². The zero-order valence-electron chi connectivity index (χ0n) is 28.2. The van der Waals surface area contributed by atoms with E-state index in [-0.39, 0.29) is 0 Å². The summed E-state index contributed by atoms with van der Waals surface area (Å²) in [5, 5.41) is 6.36. The summed E-state index contributed by atoms with van der Waals surface area (Å²) in [6, 6.07) is 39.0. The minimum absolute atomic E-state index is 0.478. The maximum Gasteiger partial charge on any atom is -0.00941 e. The number of hydrogen-bond acceptors (Lipinski definition) is 0. The van der Waals surface area contributed by atoms with Crippen molar-refractivity contribution in [3.63, 3.8) is 0 Å². The fraction of sp³-hybridized carbons (Fsp3) is 0.442. The van der Waals surface area contributed by atoms with E-state index >= 15 is 0 Å². The Hall–Kier alpha value is -2.26. The van der Waals surface area contributed by atoms with Crippen LogP contribution in [0.5, 0.6) is 0 Å². The summed E-state index contributed by atoms with van der Waals surface area (Å²) in [6.45, 7) is 8.97. The van der Waals surface area contributed by atoms with Crippen molar-refractivity contribution >= 4 is 37.1 Å². The van der Waals surface area contributed by atoms with Crippen molar-refractivity contribution in [3.05, 3.63) is 119 Å². The first-order chi connectivity index (χ1) is 22.0. The van der Waals surface area contributed by atoms with Gasteiger partial charge in [-0.15, -0.1) is 0 Å². The van der Waals surface area contributed by atoms with Gasteiger partial charge >= 0.3 is 0 Å². The fourth-order valence-electron chi connectivity index (χ4n) is 8.19. The average Bonchev–Trinajstić information content (AvgIpc) is 3.08. The summed E-state index contributed by atoms with van der Waals surface area (Å²) in [7, 11) is -0.956. The van der Waals surface area contributed by atoms with Gasteiger partial charge in [-0.2, -0.15) is 0 Å². The summed E-state index contributed by atoms with van der Waals surface area (Å²) >= 11 is 0. The second-order valence-corrected chi connectivity index (χ2v) is 19.1. The molecule has 0 aliphatic heterocycles. The first-order valence-corrected chi connectivity index (χ1v) is 20.6. The molecule has 4 aromatic carbocycles. The summed E-state index contributed by atoms with van der Waals surface area (Å²) in [5.41, 5.74) is 6.89. The molecule has 4 aromatic rings. The summed E-state index contributed by atoms with van der Waals surface area (Å²) < 4.78 is 0. The highest BCUT2D eigenvalue weighted by molar-refractivity contribution is 7.74. The van der Waals surface area contributed by atoms with Gasteiger partial charge in [0.15, 0.2) is 0 Å². The predicted molar refractivity (Wildman–Crippen MR) is 202 cm³/mol. The molecule has 236 valence electrons. The van der Waals surface area contributed by atoms with Crippen molar-refractivity contribution in [1.29, 1.82) is 0 Å². The van der Waals surface area contributed by atoms with Crippen molar-refractivity contribution in [2.24, 2.45) is 11.8 Å². The van der Waals surface area contributed by atoms with Crippen LogP contribution in [0.2, 0.25) is 0 Å². The zero-order valence-corrected chi connectivity index (χ0v) is 30.0. The predicted octanol–water partition coefficient (Wildman–Crippen LogP) is 10.8. The SMILES string of the molecule is Cc1ccc(P(c2ccc(C)cc2)[C@H](C[C@H](C2CCCCC2)P(c2ccc(C)cc2)c2ccc(C)cc2)C2CCCCC2)cc1. The Bertz CT molecular complexity index is 1250. The van der Waals surface area contributed by atoms with E-state index in [1.807, 2.05) is 0 Å². The van der Waals surface area contributed by atoms with E-state index in [1.165, 1.54) is 92.9 Å². The first-order valence-electron chi connectivity index (χ1n) is 17.8. The van der Waals surface area contributed by atoms with Crippen molar-refractivity contribution in [3.8, 4) is 0 Å². The molecule has 45 heavy (non-hydrogen) atoms. The van der Waals surface area contributed by atoms with Gasteiger partial charge < -0.3 is 0 Å². The number of aryl methyl sites for hydroxylation is 4. The lowest BCUT2D eigenvalue weighted by Crippen LogP contribution is -2.37. The second kappa shape index (κ2) is 15.6. The van der Waals surface area contributed by atoms with E-state index < -0.39 is 15.8 Å². The van der Waals surface area contributed by atoms with Crippen molar-refractivity contribution in [2.45, 2.75) is 110 Å². The molecule has 0 saturated heterocycles.